The molecule has 0 spiro atoms. The number of aliphatic hydroxyl groups is 1. The predicted molar refractivity (Wildman–Crippen MR) is 156 cm³/mol. The second-order valence-electron chi connectivity index (χ2n) is 9.56. The Morgan fingerprint density at radius 1 is 1.10 bits per heavy atom. The van der Waals surface area contributed by atoms with Gasteiger partial charge in [-0.3, -0.25) is 9.59 Å². The zero-order valence-corrected chi connectivity index (χ0v) is 24.1. The van der Waals surface area contributed by atoms with E-state index >= 15 is 0 Å². The molecule has 2 aromatic carbocycles. The zero-order chi connectivity index (χ0) is 28.8. The minimum Gasteiger partial charge on any atom is -0.442 e. The van der Waals surface area contributed by atoms with Gasteiger partial charge in [0, 0.05) is 11.8 Å². The van der Waals surface area contributed by atoms with Gasteiger partial charge in [-0.15, -0.1) is 11.8 Å². The number of amides is 3. The molecule has 3 N–H and O–H groups in total. The number of alkyl carbamates (subject to hydrolysis) is 1. The summed E-state index contributed by atoms with van der Waals surface area (Å²) in [4.78, 5) is 40.3. The third-order valence-electron chi connectivity index (χ3n) is 6.11. The molecule has 0 radical (unpaired) electrons. The maximum absolute atomic E-state index is 13.5. The van der Waals surface area contributed by atoms with Crippen molar-refractivity contribution < 1.29 is 24.2 Å². The van der Waals surface area contributed by atoms with E-state index in [0.717, 1.165) is 16.7 Å². The summed E-state index contributed by atoms with van der Waals surface area (Å²) >= 11 is 1.48. The van der Waals surface area contributed by atoms with E-state index in [4.69, 9.17) is 4.74 Å². The van der Waals surface area contributed by atoms with Crippen molar-refractivity contribution >= 4 is 29.7 Å². The Labute approximate surface area is 236 Å². The standard InChI is InChI=1S/C30H41N3O5S/c1-6-25(7-2)38-30(37)32-26(17-23-14-9-8-10-15-23)28(35)29(36)33(20-39-21(3)4)19-27(34)31-18-24-16-12-11-13-22(24)5/h6,8-16,21,25-26,28,35H,1,7,17-20H2,2-5H3,(H,31,34)(H,32,37)/t25?,26-,28-/m0/s1. The second kappa shape index (κ2) is 16.6. The second-order valence-corrected chi connectivity index (χ2v) is 11.1. The van der Waals surface area contributed by atoms with E-state index in [-0.39, 0.29) is 30.0 Å². The fourth-order valence-electron chi connectivity index (χ4n) is 3.75. The van der Waals surface area contributed by atoms with Crippen molar-refractivity contribution in [3.8, 4) is 0 Å². The maximum atomic E-state index is 13.5. The Morgan fingerprint density at radius 3 is 2.38 bits per heavy atom. The number of rotatable bonds is 15. The summed E-state index contributed by atoms with van der Waals surface area (Å²) in [7, 11) is 0. The van der Waals surface area contributed by atoms with Crippen molar-refractivity contribution in [2.24, 2.45) is 0 Å². The van der Waals surface area contributed by atoms with Gasteiger partial charge in [0.1, 0.15) is 12.6 Å². The van der Waals surface area contributed by atoms with Crippen LogP contribution in [0.15, 0.2) is 67.3 Å². The summed E-state index contributed by atoms with van der Waals surface area (Å²) < 4.78 is 5.36. The van der Waals surface area contributed by atoms with Crippen LogP contribution in [0.25, 0.3) is 0 Å². The Bertz CT molecular complexity index is 1080. The molecule has 2 aromatic rings. The fraction of sp³-hybridized carbons (Fsp3) is 0.433. The molecule has 0 aliphatic carbocycles. The van der Waals surface area contributed by atoms with E-state index in [0.29, 0.717) is 13.0 Å². The van der Waals surface area contributed by atoms with Crippen molar-refractivity contribution in [2.75, 3.05) is 12.4 Å². The molecule has 0 heterocycles. The minimum absolute atomic E-state index is 0.193. The number of thioether (sulfide) groups is 1. The molecule has 8 nitrogen and oxygen atoms in total. The lowest BCUT2D eigenvalue weighted by molar-refractivity contribution is -0.143. The Kier molecular flexibility index (Phi) is 13.6. The molecule has 1 unspecified atom stereocenters. The molecule has 9 heteroatoms. The summed E-state index contributed by atoms with van der Waals surface area (Å²) in [6, 6.07) is 16.0. The third kappa shape index (κ3) is 11.1. The van der Waals surface area contributed by atoms with E-state index in [1.165, 1.54) is 22.7 Å². The molecule has 0 aliphatic rings. The van der Waals surface area contributed by atoms with E-state index in [9.17, 15) is 19.5 Å². The first-order valence-electron chi connectivity index (χ1n) is 13.2. The van der Waals surface area contributed by atoms with E-state index in [1.54, 1.807) is 0 Å². The molecule has 0 bridgehead atoms. The molecule has 0 fully saturated rings. The van der Waals surface area contributed by atoms with Gasteiger partial charge in [0.2, 0.25) is 5.91 Å². The highest BCUT2D eigenvalue weighted by atomic mass is 32.2. The zero-order valence-electron chi connectivity index (χ0n) is 23.3. The highest BCUT2D eigenvalue weighted by Gasteiger charge is 2.33. The van der Waals surface area contributed by atoms with Crippen LogP contribution in [0, 0.1) is 6.92 Å². The van der Waals surface area contributed by atoms with Gasteiger partial charge in [0.15, 0.2) is 6.10 Å². The van der Waals surface area contributed by atoms with Crippen LogP contribution >= 0.6 is 11.8 Å². The van der Waals surface area contributed by atoms with Crippen LogP contribution in [0.4, 0.5) is 4.79 Å². The van der Waals surface area contributed by atoms with E-state index in [1.807, 2.05) is 82.3 Å². The first kappa shape index (κ1) is 31.9. The number of aryl methyl sites for hydroxylation is 1. The molecule has 0 aliphatic heterocycles. The quantitative estimate of drug-likeness (QED) is 0.225. The van der Waals surface area contributed by atoms with Gasteiger partial charge in [-0.05, 0) is 36.5 Å². The van der Waals surface area contributed by atoms with E-state index in [2.05, 4.69) is 17.2 Å². The van der Waals surface area contributed by atoms with Crippen LogP contribution in [0.2, 0.25) is 0 Å². The van der Waals surface area contributed by atoms with Crippen molar-refractivity contribution in [1.29, 1.82) is 0 Å². The van der Waals surface area contributed by atoms with Gasteiger partial charge >= 0.3 is 6.09 Å². The third-order valence-corrected chi connectivity index (χ3v) is 7.23. The SMILES string of the molecule is C=CC(CC)OC(=O)N[C@@H](Cc1ccccc1)[C@H](O)C(=O)N(CSC(C)C)CC(=O)NCc1ccccc1C. The number of ether oxygens (including phenoxy) is 1. The highest BCUT2D eigenvalue weighted by molar-refractivity contribution is 7.99. The summed E-state index contributed by atoms with van der Waals surface area (Å²) in [6.45, 7) is 11.6. The Balaban J connectivity index is 2.18. The molecule has 0 aromatic heterocycles. The number of aliphatic hydroxyl groups excluding tert-OH is 1. The summed E-state index contributed by atoms with van der Waals surface area (Å²) in [5, 5.41) is 16.9. The predicted octanol–water partition coefficient (Wildman–Crippen LogP) is 4.20. The van der Waals surface area contributed by atoms with Crippen LogP contribution < -0.4 is 10.6 Å². The first-order chi connectivity index (χ1) is 18.6. The molecule has 0 saturated heterocycles. The molecular formula is C30H41N3O5S. The number of hydrogen-bond acceptors (Lipinski definition) is 6. The van der Waals surface area contributed by atoms with Crippen LogP contribution in [0.1, 0.15) is 43.9 Å². The minimum atomic E-state index is -1.60. The fourth-order valence-corrected chi connectivity index (χ4v) is 4.44. The lowest BCUT2D eigenvalue weighted by Gasteiger charge is -2.30. The first-order valence-corrected chi connectivity index (χ1v) is 14.2. The molecule has 0 saturated carbocycles. The largest absolute Gasteiger partial charge is 0.442 e. The number of benzene rings is 2. The van der Waals surface area contributed by atoms with Gasteiger partial charge in [0.25, 0.3) is 5.91 Å². The van der Waals surface area contributed by atoms with Gasteiger partial charge in [-0.25, -0.2) is 4.79 Å². The molecular weight excluding hydrogens is 514 g/mol. The van der Waals surface area contributed by atoms with Gasteiger partial charge in [0.05, 0.1) is 11.9 Å². The van der Waals surface area contributed by atoms with Crippen LogP contribution in [0.5, 0.6) is 0 Å². The average molecular weight is 556 g/mol. The van der Waals surface area contributed by atoms with E-state index < -0.39 is 30.3 Å². The summed E-state index contributed by atoms with van der Waals surface area (Å²) in [5.74, 6) is -0.777. The number of carbonyl (C=O) groups is 3. The smallest absolute Gasteiger partial charge is 0.408 e. The normalized spacial score (nSPS) is 13.2. The highest BCUT2D eigenvalue weighted by Crippen LogP contribution is 2.15. The van der Waals surface area contributed by atoms with Crippen LogP contribution in [-0.4, -0.2) is 63.8 Å². The summed E-state index contributed by atoms with van der Waals surface area (Å²) in [6.07, 6.45) is -0.593. The number of hydrogen-bond donors (Lipinski definition) is 3. The van der Waals surface area contributed by atoms with Crippen LogP contribution in [0.3, 0.4) is 0 Å². The maximum Gasteiger partial charge on any atom is 0.408 e. The topological polar surface area (TPSA) is 108 Å². The van der Waals surface area contributed by atoms with Crippen molar-refractivity contribution in [2.45, 2.75) is 70.6 Å². The van der Waals surface area contributed by atoms with Crippen molar-refractivity contribution in [1.82, 2.24) is 15.5 Å². The van der Waals surface area contributed by atoms with Crippen molar-refractivity contribution in [3.63, 3.8) is 0 Å². The van der Waals surface area contributed by atoms with Crippen molar-refractivity contribution in [3.05, 3.63) is 83.9 Å². The lowest BCUT2D eigenvalue weighted by atomic mass is 10.0. The van der Waals surface area contributed by atoms with Crippen LogP contribution in [-0.2, 0) is 27.3 Å². The molecule has 3 atom stereocenters. The number of nitrogens with zero attached hydrogens (tertiary/aromatic N) is 1. The average Bonchev–Trinajstić information content (AvgIpc) is 2.92. The molecule has 2 rings (SSSR count). The molecule has 212 valence electrons. The molecule has 3 amide bonds. The Hall–Kier alpha value is -3.30. The summed E-state index contributed by atoms with van der Waals surface area (Å²) in [5.41, 5.74) is 2.86. The molecule has 39 heavy (non-hydrogen) atoms. The monoisotopic (exact) mass is 555 g/mol. The van der Waals surface area contributed by atoms with Gasteiger partial charge in [-0.2, -0.15) is 0 Å². The van der Waals surface area contributed by atoms with Gasteiger partial charge < -0.3 is 25.4 Å². The van der Waals surface area contributed by atoms with Gasteiger partial charge in [-0.1, -0.05) is 88.0 Å². The Morgan fingerprint density at radius 2 is 1.77 bits per heavy atom. The number of nitrogens with one attached hydrogen (secondary N) is 2. The number of carbonyl (C=O) groups excluding carboxylic acids is 3. The lowest BCUT2D eigenvalue weighted by Crippen LogP contribution is -2.54.